The van der Waals surface area contributed by atoms with Crippen molar-refractivity contribution in [2.45, 2.75) is 12.5 Å². The standard InChI is InChI=1S/C21H19Cl2N3O2/c1-24-18-19(21(28)20(18)27)25-17-6-4-3-5-12(17)14-9-26(2)10-15-13(14)7-11(22)8-16(15)23/h3-8,14,24-25H,9-10H2,1-2H3/t14-/m0/s1. The molecule has 4 rings (SSSR count). The molecule has 0 radical (unpaired) electrons. The van der Waals surface area contributed by atoms with E-state index in [4.69, 9.17) is 23.2 Å². The van der Waals surface area contributed by atoms with E-state index in [0.717, 1.165) is 35.5 Å². The maximum Gasteiger partial charge on any atom is 0.253 e. The normalized spacial score (nSPS) is 16.8. The van der Waals surface area contributed by atoms with E-state index in [1.807, 2.05) is 37.4 Å². The zero-order valence-electron chi connectivity index (χ0n) is 15.5. The number of benzene rings is 2. The van der Waals surface area contributed by atoms with Gasteiger partial charge in [0.25, 0.3) is 10.9 Å². The Bertz CT molecular complexity index is 1140. The van der Waals surface area contributed by atoms with E-state index < -0.39 is 10.9 Å². The van der Waals surface area contributed by atoms with Crippen molar-refractivity contribution in [3.8, 4) is 0 Å². The number of rotatable bonds is 4. The van der Waals surface area contributed by atoms with Crippen molar-refractivity contribution in [1.29, 1.82) is 0 Å². The van der Waals surface area contributed by atoms with Gasteiger partial charge in [-0.05, 0) is 41.9 Å². The van der Waals surface area contributed by atoms with Crippen LogP contribution in [-0.4, -0.2) is 25.5 Å². The van der Waals surface area contributed by atoms with Crippen LogP contribution in [0.2, 0.25) is 10.0 Å². The number of likely N-dealkylation sites (N-methyl/N-ethyl adjacent to an activating group) is 1. The topological polar surface area (TPSA) is 61.4 Å². The van der Waals surface area contributed by atoms with Crippen LogP contribution in [0.15, 0.2) is 46.0 Å². The van der Waals surface area contributed by atoms with E-state index in [0.29, 0.717) is 21.4 Å². The summed E-state index contributed by atoms with van der Waals surface area (Å²) in [4.78, 5) is 25.9. The van der Waals surface area contributed by atoms with Crippen molar-refractivity contribution < 1.29 is 0 Å². The SMILES string of the molecule is CNc1c(Nc2ccccc2[C@@H]2CN(C)Cc3c(Cl)cc(Cl)cc32)c(=O)c1=O. The Hall–Kier alpha value is -2.34. The third-order valence-electron chi connectivity index (χ3n) is 5.25. The van der Waals surface area contributed by atoms with Gasteiger partial charge in [0.05, 0.1) is 0 Å². The molecule has 0 aliphatic carbocycles. The summed E-state index contributed by atoms with van der Waals surface area (Å²) in [6.07, 6.45) is 0. The Morgan fingerprint density at radius 1 is 1.04 bits per heavy atom. The van der Waals surface area contributed by atoms with Gasteiger partial charge < -0.3 is 15.5 Å². The van der Waals surface area contributed by atoms with Crippen LogP contribution in [0.25, 0.3) is 0 Å². The molecule has 0 amide bonds. The number of para-hydroxylation sites is 1. The van der Waals surface area contributed by atoms with E-state index in [2.05, 4.69) is 15.5 Å². The molecule has 1 aliphatic rings. The summed E-state index contributed by atoms with van der Waals surface area (Å²) in [5.41, 5.74) is 3.56. The number of hydrogen-bond donors (Lipinski definition) is 2. The Morgan fingerprint density at radius 3 is 2.50 bits per heavy atom. The summed E-state index contributed by atoms with van der Waals surface area (Å²) in [7, 11) is 3.68. The molecule has 0 saturated carbocycles. The highest BCUT2D eigenvalue weighted by Crippen LogP contribution is 2.41. The predicted molar refractivity (Wildman–Crippen MR) is 115 cm³/mol. The van der Waals surface area contributed by atoms with E-state index in [9.17, 15) is 9.59 Å². The van der Waals surface area contributed by atoms with Gasteiger partial charge in [-0.2, -0.15) is 0 Å². The highest BCUT2D eigenvalue weighted by molar-refractivity contribution is 6.35. The summed E-state index contributed by atoms with van der Waals surface area (Å²) < 4.78 is 0. The van der Waals surface area contributed by atoms with Crippen LogP contribution in [-0.2, 0) is 6.54 Å². The Balaban J connectivity index is 1.81. The molecule has 0 saturated heterocycles. The third-order valence-corrected chi connectivity index (χ3v) is 5.80. The zero-order valence-corrected chi connectivity index (χ0v) is 17.0. The summed E-state index contributed by atoms with van der Waals surface area (Å²) in [5, 5.41) is 7.21. The van der Waals surface area contributed by atoms with Gasteiger partial charge in [-0.1, -0.05) is 41.4 Å². The predicted octanol–water partition coefficient (Wildman–Crippen LogP) is 3.95. The lowest BCUT2D eigenvalue weighted by Crippen LogP contribution is -2.36. The number of nitrogens with one attached hydrogen (secondary N) is 2. The molecule has 3 aromatic rings. The molecule has 7 heteroatoms. The molecule has 2 N–H and O–H groups in total. The first-order valence-electron chi connectivity index (χ1n) is 8.94. The van der Waals surface area contributed by atoms with Crippen LogP contribution in [0, 0.1) is 0 Å². The number of nitrogens with zero attached hydrogens (tertiary/aromatic N) is 1. The molecule has 5 nitrogen and oxygen atoms in total. The molecule has 1 aliphatic heterocycles. The molecule has 144 valence electrons. The molecule has 0 aromatic heterocycles. The summed E-state index contributed by atoms with van der Waals surface area (Å²) in [5.74, 6) is 0.0261. The fourth-order valence-electron chi connectivity index (χ4n) is 3.91. The second kappa shape index (κ2) is 7.24. The van der Waals surface area contributed by atoms with E-state index in [1.165, 1.54) is 0 Å². The molecule has 3 aromatic carbocycles. The summed E-state index contributed by atoms with van der Waals surface area (Å²) >= 11 is 12.8. The first kappa shape index (κ1) is 19.0. The van der Waals surface area contributed by atoms with Crippen molar-refractivity contribution in [2.75, 3.05) is 31.3 Å². The molecule has 0 bridgehead atoms. The second-order valence-electron chi connectivity index (χ2n) is 7.08. The zero-order chi connectivity index (χ0) is 20.0. The van der Waals surface area contributed by atoms with Gasteiger partial charge in [0, 0.05) is 41.8 Å². The Morgan fingerprint density at radius 2 is 1.75 bits per heavy atom. The van der Waals surface area contributed by atoms with Crippen molar-refractivity contribution in [1.82, 2.24) is 4.90 Å². The van der Waals surface area contributed by atoms with Crippen LogP contribution < -0.4 is 21.5 Å². The largest absolute Gasteiger partial charge is 0.383 e. The van der Waals surface area contributed by atoms with Crippen molar-refractivity contribution in [2.24, 2.45) is 0 Å². The first-order chi connectivity index (χ1) is 13.4. The fraction of sp³-hybridized carbons (Fsp3) is 0.238. The Kier molecular flexibility index (Phi) is 4.91. The van der Waals surface area contributed by atoms with Gasteiger partial charge in [0.1, 0.15) is 11.4 Å². The lowest BCUT2D eigenvalue weighted by Gasteiger charge is -2.34. The summed E-state index contributed by atoms with van der Waals surface area (Å²) in [6, 6.07) is 11.5. The first-order valence-corrected chi connectivity index (χ1v) is 9.69. The lowest BCUT2D eigenvalue weighted by atomic mass is 9.84. The minimum absolute atomic E-state index is 0.0261. The molecular weight excluding hydrogens is 397 g/mol. The minimum atomic E-state index is -0.508. The highest BCUT2D eigenvalue weighted by atomic mass is 35.5. The van der Waals surface area contributed by atoms with E-state index in [1.54, 1.807) is 13.1 Å². The van der Waals surface area contributed by atoms with Gasteiger partial charge in [0.2, 0.25) is 0 Å². The second-order valence-corrected chi connectivity index (χ2v) is 7.92. The maximum atomic E-state index is 12.0. The van der Waals surface area contributed by atoms with Gasteiger partial charge in [-0.25, -0.2) is 0 Å². The molecule has 0 fully saturated rings. The van der Waals surface area contributed by atoms with E-state index in [-0.39, 0.29) is 5.92 Å². The fourth-order valence-corrected chi connectivity index (χ4v) is 4.48. The molecule has 1 heterocycles. The number of anilines is 3. The molecular formula is C21H19Cl2N3O2. The average molecular weight is 416 g/mol. The van der Waals surface area contributed by atoms with Gasteiger partial charge in [0.15, 0.2) is 0 Å². The van der Waals surface area contributed by atoms with Crippen molar-refractivity contribution in [3.63, 3.8) is 0 Å². The molecule has 1 atom stereocenters. The smallest absolute Gasteiger partial charge is 0.253 e. The lowest BCUT2D eigenvalue weighted by molar-refractivity contribution is 0.295. The third kappa shape index (κ3) is 3.09. The quantitative estimate of drug-likeness (QED) is 0.631. The van der Waals surface area contributed by atoms with Gasteiger partial charge in [-0.15, -0.1) is 0 Å². The number of halogens is 2. The van der Waals surface area contributed by atoms with Gasteiger partial charge >= 0.3 is 0 Å². The monoisotopic (exact) mass is 415 g/mol. The summed E-state index contributed by atoms with van der Waals surface area (Å²) in [6.45, 7) is 1.53. The minimum Gasteiger partial charge on any atom is -0.383 e. The van der Waals surface area contributed by atoms with Crippen LogP contribution in [0.5, 0.6) is 0 Å². The average Bonchev–Trinajstić information content (AvgIpc) is 2.68. The van der Waals surface area contributed by atoms with Crippen LogP contribution in [0.3, 0.4) is 0 Å². The maximum absolute atomic E-state index is 12.0. The van der Waals surface area contributed by atoms with E-state index >= 15 is 0 Å². The highest BCUT2D eigenvalue weighted by Gasteiger charge is 2.29. The van der Waals surface area contributed by atoms with Crippen molar-refractivity contribution >= 4 is 40.3 Å². The van der Waals surface area contributed by atoms with Crippen LogP contribution >= 0.6 is 23.2 Å². The Labute approximate surface area is 172 Å². The van der Waals surface area contributed by atoms with Crippen molar-refractivity contribution in [3.05, 3.63) is 83.6 Å². The number of hydrogen-bond acceptors (Lipinski definition) is 5. The number of fused-ring (bicyclic) bond motifs is 1. The molecule has 28 heavy (non-hydrogen) atoms. The van der Waals surface area contributed by atoms with Crippen LogP contribution in [0.1, 0.15) is 22.6 Å². The molecule has 0 spiro atoms. The molecule has 0 unspecified atom stereocenters. The van der Waals surface area contributed by atoms with Gasteiger partial charge in [-0.3, -0.25) is 9.59 Å². The van der Waals surface area contributed by atoms with Crippen LogP contribution in [0.4, 0.5) is 17.1 Å².